The van der Waals surface area contributed by atoms with Gasteiger partial charge in [0, 0.05) is 0 Å². The molecule has 2 atom stereocenters. The first kappa shape index (κ1) is 8.55. The fourth-order valence-electron chi connectivity index (χ4n) is 0.351. The van der Waals surface area contributed by atoms with Gasteiger partial charge in [0.1, 0.15) is 0 Å². The summed E-state index contributed by atoms with van der Waals surface area (Å²) < 4.78 is 0. The zero-order valence-corrected chi connectivity index (χ0v) is 5.08. The maximum absolute atomic E-state index is 10.5. The third-order valence-corrected chi connectivity index (χ3v) is 0.988. The molecule has 0 aromatic heterocycles. The van der Waals surface area contributed by atoms with Crippen LogP contribution in [0.4, 0.5) is 0 Å². The largest absolute Gasteiger partial charge is 0.391 e. The molecule has 0 aromatic carbocycles. The van der Waals surface area contributed by atoms with Gasteiger partial charge in [-0.15, -0.1) is 0 Å². The summed E-state index contributed by atoms with van der Waals surface area (Å²) in [5.41, 5.74) is 10.1. The lowest BCUT2D eigenvalue weighted by atomic mass is 10.1. The van der Waals surface area contributed by atoms with Crippen LogP contribution < -0.4 is 11.5 Å². The van der Waals surface area contributed by atoms with Crippen molar-refractivity contribution < 1.29 is 9.90 Å². The molecule has 0 saturated heterocycles. The molecule has 0 aromatic rings. The maximum atomic E-state index is 10.5. The molecule has 4 nitrogen and oxygen atoms in total. The van der Waals surface area contributed by atoms with Crippen LogP contribution >= 0.6 is 0 Å². The van der Waals surface area contributed by atoms with Crippen LogP contribution in [0.1, 0.15) is 0 Å². The van der Waals surface area contributed by atoms with Gasteiger partial charge in [-0.25, -0.2) is 0 Å². The van der Waals surface area contributed by atoms with E-state index < -0.39 is 12.1 Å². The lowest BCUT2D eigenvalue weighted by molar-refractivity contribution is -0.120. The molecule has 0 fully saturated rings. The summed E-state index contributed by atoms with van der Waals surface area (Å²) in [5, 5.41) is 8.61. The Kier molecular flexibility index (Phi) is 3.37. The second kappa shape index (κ2) is 3.55. The number of rotatable bonds is 3. The minimum atomic E-state index is -1.05. The van der Waals surface area contributed by atoms with Gasteiger partial charge < -0.3 is 16.6 Å². The number of aliphatic hydroxyl groups excluding tert-OH is 1. The molecule has 0 amide bonds. The van der Waals surface area contributed by atoms with Gasteiger partial charge in [-0.1, -0.05) is 0 Å². The van der Waals surface area contributed by atoms with Crippen molar-refractivity contribution >= 4 is 5.78 Å². The summed E-state index contributed by atoms with van der Waals surface area (Å²) in [6.07, 6.45) is -1.05. The van der Waals surface area contributed by atoms with Crippen LogP contribution in [-0.4, -0.2) is 29.6 Å². The Morgan fingerprint density at radius 2 is 2.22 bits per heavy atom. The number of carbonyl (C=O) groups is 1. The highest BCUT2D eigenvalue weighted by Gasteiger charge is 2.16. The van der Waals surface area contributed by atoms with Crippen LogP contribution in [0.2, 0.25) is 0 Å². The van der Waals surface area contributed by atoms with Crippen molar-refractivity contribution in [3.8, 4) is 0 Å². The van der Waals surface area contributed by atoms with Crippen molar-refractivity contribution in [2.24, 2.45) is 11.5 Å². The molecule has 5 N–H and O–H groups in total. The van der Waals surface area contributed by atoms with E-state index in [4.69, 9.17) is 16.6 Å². The molecular formula is C5H11N2O2. The molecule has 4 heteroatoms. The molecule has 0 bridgehead atoms. The molecule has 1 radical (unpaired) electrons. The van der Waals surface area contributed by atoms with E-state index in [1.807, 2.05) is 0 Å². The first-order valence-corrected chi connectivity index (χ1v) is 2.59. The molecule has 0 spiro atoms. The Hall–Kier alpha value is -0.450. The van der Waals surface area contributed by atoms with E-state index in [0.29, 0.717) is 0 Å². The molecule has 0 aliphatic heterocycles. The van der Waals surface area contributed by atoms with E-state index in [2.05, 4.69) is 6.92 Å². The number of hydrogen-bond donors (Lipinski definition) is 3. The smallest absolute Gasteiger partial charge is 0.165 e. The van der Waals surface area contributed by atoms with E-state index in [-0.39, 0.29) is 12.3 Å². The van der Waals surface area contributed by atoms with E-state index in [9.17, 15) is 4.79 Å². The van der Waals surface area contributed by atoms with Gasteiger partial charge >= 0.3 is 0 Å². The Labute approximate surface area is 53.8 Å². The first-order valence-electron chi connectivity index (χ1n) is 2.59. The number of hydrogen-bond acceptors (Lipinski definition) is 4. The van der Waals surface area contributed by atoms with Crippen molar-refractivity contribution in [3.05, 3.63) is 6.92 Å². The van der Waals surface area contributed by atoms with Crippen LogP contribution in [0.15, 0.2) is 0 Å². The van der Waals surface area contributed by atoms with Crippen LogP contribution in [0, 0.1) is 6.92 Å². The van der Waals surface area contributed by atoms with Gasteiger partial charge in [-0.2, -0.15) is 0 Å². The Balaban J connectivity index is 3.72. The van der Waals surface area contributed by atoms with Gasteiger partial charge in [-0.3, -0.25) is 4.79 Å². The van der Waals surface area contributed by atoms with E-state index >= 15 is 0 Å². The minimum absolute atomic E-state index is 0.145. The SMILES string of the molecule is [CH2]C(O)C(N)C(=O)CN. The summed E-state index contributed by atoms with van der Waals surface area (Å²) in [4.78, 5) is 10.5. The van der Waals surface area contributed by atoms with E-state index in [0.717, 1.165) is 0 Å². The number of Topliss-reactive ketones (excluding diaryl/α,β-unsaturated/α-hetero) is 1. The second-order valence-corrected chi connectivity index (χ2v) is 1.76. The summed E-state index contributed by atoms with van der Waals surface area (Å²) in [5.74, 6) is -0.377. The zero-order chi connectivity index (χ0) is 7.44. The van der Waals surface area contributed by atoms with Crippen LogP contribution in [0.3, 0.4) is 0 Å². The first-order chi connectivity index (χ1) is 4.09. The molecule has 2 unspecified atom stereocenters. The predicted molar refractivity (Wildman–Crippen MR) is 33.4 cm³/mol. The highest BCUT2D eigenvalue weighted by atomic mass is 16.3. The number of aliphatic hydroxyl groups is 1. The van der Waals surface area contributed by atoms with Crippen molar-refractivity contribution in [1.82, 2.24) is 0 Å². The monoisotopic (exact) mass is 131 g/mol. The molecule has 0 heterocycles. The lowest BCUT2D eigenvalue weighted by Crippen LogP contribution is -2.43. The summed E-state index contributed by atoms with van der Waals surface area (Å²) in [6.45, 7) is 3.02. The van der Waals surface area contributed by atoms with E-state index in [1.165, 1.54) is 0 Å². The fraction of sp³-hybridized carbons (Fsp3) is 0.600. The van der Waals surface area contributed by atoms with Gasteiger partial charge in [0.25, 0.3) is 0 Å². The fourth-order valence-corrected chi connectivity index (χ4v) is 0.351. The highest BCUT2D eigenvalue weighted by molar-refractivity contribution is 5.86. The molecule has 0 aliphatic rings. The van der Waals surface area contributed by atoms with Gasteiger partial charge in [0.15, 0.2) is 5.78 Å². The Bertz CT molecular complexity index is 103. The van der Waals surface area contributed by atoms with Crippen LogP contribution in [0.25, 0.3) is 0 Å². The Morgan fingerprint density at radius 1 is 1.78 bits per heavy atom. The molecular weight excluding hydrogens is 120 g/mol. The normalized spacial score (nSPS) is 16.9. The van der Waals surface area contributed by atoms with Crippen LogP contribution in [-0.2, 0) is 4.79 Å². The quantitative estimate of drug-likeness (QED) is 0.414. The molecule has 0 saturated carbocycles. The van der Waals surface area contributed by atoms with Crippen LogP contribution in [0.5, 0.6) is 0 Å². The average molecular weight is 131 g/mol. The highest BCUT2D eigenvalue weighted by Crippen LogP contribution is 1.87. The third kappa shape index (κ3) is 2.55. The maximum Gasteiger partial charge on any atom is 0.165 e. The predicted octanol–water partition coefficient (Wildman–Crippen LogP) is -1.96. The van der Waals surface area contributed by atoms with Gasteiger partial charge in [0.05, 0.1) is 18.7 Å². The van der Waals surface area contributed by atoms with Crippen molar-refractivity contribution in [1.29, 1.82) is 0 Å². The average Bonchev–Trinajstić information content (AvgIpc) is 1.84. The standard InChI is InChI=1S/C5H11N2O2/c1-3(8)5(7)4(9)2-6/h3,5,8H,1-2,6-7H2. The number of ketones is 1. The lowest BCUT2D eigenvalue weighted by Gasteiger charge is -2.10. The summed E-state index contributed by atoms with van der Waals surface area (Å²) in [6, 6.07) is -0.935. The van der Waals surface area contributed by atoms with Gasteiger partial charge in [-0.05, 0) is 6.92 Å². The van der Waals surface area contributed by atoms with Crippen molar-refractivity contribution in [3.63, 3.8) is 0 Å². The van der Waals surface area contributed by atoms with E-state index in [1.54, 1.807) is 0 Å². The van der Waals surface area contributed by atoms with Crippen molar-refractivity contribution in [2.75, 3.05) is 6.54 Å². The second-order valence-electron chi connectivity index (χ2n) is 1.76. The third-order valence-electron chi connectivity index (χ3n) is 0.988. The summed E-state index contributed by atoms with van der Waals surface area (Å²) in [7, 11) is 0. The van der Waals surface area contributed by atoms with Crippen molar-refractivity contribution in [2.45, 2.75) is 12.1 Å². The molecule has 9 heavy (non-hydrogen) atoms. The Morgan fingerprint density at radius 3 is 2.33 bits per heavy atom. The topological polar surface area (TPSA) is 89.3 Å². The number of nitrogens with two attached hydrogens (primary N) is 2. The van der Waals surface area contributed by atoms with Gasteiger partial charge in [0.2, 0.25) is 0 Å². The number of carbonyl (C=O) groups excluding carboxylic acids is 1. The molecule has 0 aliphatic carbocycles. The summed E-state index contributed by atoms with van der Waals surface area (Å²) >= 11 is 0. The molecule has 53 valence electrons. The minimum Gasteiger partial charge on any atom is -0.391 e. The zero-order valence-electron chi connectivity index (χ0n) is 5.08. The molecule has 0 rings (SSSR count).